The number of phosphoric ester groups is 2. The summed E-state index contributed by atoms with van der Waals surface area (Å²) in [4.78, 5) is 73.1. The third-order valence-corrected chi connectivity index (χ3v) is 21.9. The van der Waals surface area contributed by atoms with Gasteiger partial charge in [0.2, 0.25) is 0 Å². The van der Waals surface area contributed by atoms with Crippen molar-refractivity contribution in [1.82, 2.24) is 0 Å². The minimum Gasteiger partial charge on any atom is -0.462 e. The molecule has 2 unspecified atom stereocenters. The number of carbonyl (C=O) groups is 4. The van der Waals surface area contributed by atoms with E-state index >= 15 is 0 Å². The van der Waals surface area contributed by atoms with Crippen LogP contribution in [0, 0.1) is 11.8 Å². The fourth-order valence-corrected chi connectivity index (χ4v) is 14.8. The van der Waals surface area contributed by atoms with Gasteiger partial charge in [-0.3, -0.25) is 37.3 Å². The summed E-state index contributed by atoms with van der Waals surface area (Å²) in [6, 6.07) is 0. The summed E-state index contributed by atoms with van der Waals surface area (Å²) in [6.45, 7) is 9.67. The molecule has 0 aliphatic carbocycles. The van der Waals surface area contributed by atoms with Crippen molar-refractivity contribution in [3.8, 4) is 0 Å². The number of rotatable bonds is 84. The van der Waals surface area contributed by atoms with Crippen molar-refractivity contribution in [2.24, 2.45) is 11.8 Å². The Balaban J connectivity index is 5.18. The summed E-state index contributed by atoms with van der Waals surface area (Å²) in [7, 11) is -9.92. The van der Waals surface area contributed by atoms with Crippen molar-refractivity contribution in [3.05, 3.63) is 0 Å². The molecule has 0 saturated carbocycles. The second-order valence-electron chi connectivity index (χ2n) is 31.5. The third-order valence-electron chi connectivity index (χ3n) is 20.0. The fourth-order valence-electron chi connectivity index (χ4n) is 13.2. The molecular weight excluding hydrogens is 1350 g/mol. The first-order chi connectivity index (χ1) is 50.4. The van der Waals surface area contributed by atoms with E-state index in [1.165, 1.54) is 263 Å². The zero-order valence-electron chi connectivity index (χ0n) is 68.3. The third kappa shape index (κ3) is 78.2. The van der Waals surface area contributed by atoms with Gasteiger partial charge in [-0.25, -0.2) is 9.13 Å². The van der Waals surface area contributed by atoms with E-state index in [1.807, 2.05) is 0 Å². The number of hydrogen-bond acceptors (Lipinski definition) is 15. The van der Waals surface area contributed by atoms with Crippen molar-refractivity contribution in [2.75, 3.05) is 39.6 Å². The second-order valence-corrected chi connectivity index (χ2v) is 34.4. The van der Waals surface area contributed by atoms with Crippen LogP contribution in [0.1, 0.15) is 452 Å². The van der Waals surface area contributed by atoms with Gasteiger partial charge in [-0.2, -0.15) is 0 Å². The number of phosphoric acid groups is 2. The van der Waals surface area contributed by atoms with Gasteiger partial charge in [-0.05, 0) is 37.5 Å². The Morgan fingerprint density at radius 2 is 0.442 bits per heavy atom. The average molecular weight is 1520 g/mol. The highest BCUT2D eigenvalue weighted by Gasteiger charge is 2.30. The molecule has 0 radical (unpaired) electrons. The highest BCUT2D eigenvalue weighted by atomic mass is 31.2. The predicted molar refractivity (Wildman–Crippen MR) is 428 cm³/mol. The topological polar surface area (TPSA) is 237 Å². The molecule has 0 aromatic carbocycles. The molecule has 104 heavy (non-hydrogen) atoms. The van der Waals surface area contributed by atoms with Crippen molar-refractivity contribution in [3.63, 3.8) is 0 Å². The van der Waals surface area contributed by atoms with E-state index in [2.05, 4.69) is 41.5 Å². The van der Waals surface area contributed by atoms with Gasteiger partial charge in [-0.15, -0.1) is 0 Å². The van der Waals surface area contributed by atoms with Crippen LogP contribution in [0.3, 0.4) is 0 Å². The highest BCUT2D eigenvalue weighted by Crippen LogP contribution is 2.45. The molecule has 0 saturated heterocycles. The number of unbranched alkanes of at least 4 members (excludes halogenated alkanes) is 54. The Morgan fingerprint density at radius 1 is 0.260 bits per heavy atom. The number of aliphatic hydroxyl groups is 1. The number of aliphatic hydroxyl groups excluding tert-OH is 1. The molecule has 0 fully saturated rings. The second kappa shape index (κ2) is 76.4. The summed E-state index contributed by atoms with van der Waals surface area (Å²) in [5.74, 6) is -0.514. The lowest BCUT2D eigenvalue weighted by Crippen LogP contribution is -2.30. The average Bonchev–Trinajstić information content (AvgIpc) is 0.905. The summed E-state index contributed by atoms with van der Waals surface area (Å²) < 4.78 is 68.8. The first kappa shape index (κ1) is 102. The first-order valence-electron chi connectivity index (χ1n) is 44.0. The van der Waals surface area contributed by atoms with Gasteiger partial charge in [-0.1, -0.05) is 401 Å². The lowest BCUT2D eigenvalue weighted by atomic mass is 10.0. The molecule has 0 aliphatic heterocycles. The zero-order chi connectivity index (χ0) is 76.4. The van der Waals surface area contributed by atoms with Crippen LogP contribution in [0.2, 0.25) is 0 Å². The van der Waals surface area contributed by atoms with Crippen LogP contribution in [0.5, 0.6) is 0 Å². The van der Waals surface area contributed by atoms with Crippen LogP contribution in [-0.2, 0) is 65.4 Å². The molecule has 0 aromatic heterocycles. The molecule has 19 heteroatoms. The van der Waals surface area contributed by atoms with Crippen LogP contribution < -0.4 is 0 Å². The number of carbonyl (C=O) groups excluding carboxylic acids is 4. The summed E-state index contributed by atoms with van der Waals surface area (Å²) in [5.41, 5.74) is 0. The lowest BCUT2D eigenvalue weighted by Gasteiger charge is -2.21. The van der Waals surface area contributed by atoms with Crippen LogP contribution in [0.4, 0.5) is 0 Å². The Bertz CT molecular complexity index is 1990. The van der Waals surface area contributed by atoms with Crippen molar-refractivity contribution < 1.29 is 80.2 Å². The molecule has 0 amide bonds. The summed E-state index contributed by atoms with van der Waals surface area (Å²) in [6.07, 6.45) is 68.2. The van der Waals surface area contributed by atoms with E-state index in [0.717, 1.165) is 108 Å². The van der Waals surface area contributed by atoms with Crippen molar-refractivity contribution in [1.29, 1.82) is 0 Å². The molecular formula is C85H166O17P2. The van der Waals surface area contributed by atoms with Gasteiger partial charge in [0.25, 0.3) is 0 Å². The molecule has 17 nitrogen and oxygen atoms in total. The number of ether oxygens (including phenoxy) is 4. The smallest absolute Gasteiger partial charge is 0.462 e. The lowest BCUT2D eigenvalue weighted by molar-refractivity contribution is -0.161. The fraction of sp³-hybridized carbons (Fsp3) is 0.953. The number of hydrogen-bond donors (Lipinski definition) is 3. The quantitative estimate of drug-likeness (QED) is 0.0222. The van der Waals surface area contributed by atoms with E-state index in [-0.39, 0.29) is 25.7 Å². The molecule has 0 spiro atoms. The molecule has 0 aromatic rings. The van der Waals surface area contributed by atoms with Crippen LogP contribution in [0.15, 0.2) is 0 Å². The van der Waals surface area contributed by atoms with E-state index in [4.69, 9.17) is 37.0 Å². The van der Waals surface area contributed by atoms with Gasteiger partial charge < -0.3 is 33.8 Å². The van der Waals surface area contributed by atoms with Crippen LogP contribution in [-0.4, -0.2) is 96.7 Å². The minimum absolute atomic E-state index is 0.107. The SMILES string of the molecule is CCCCCCCCCCCCCCCCCCCCCCCCC(=O)O[C@H](COC(=O)CCCCCCCCCCCCCCCCCC(C)C)COP(=O)(O)OC[C@@H](O)COP(=O)(O)OC[C@@H](COC(=O)CCCCCCCCCC)OC(=O)CCCCCCCCCCCCCCCC(C)C. The molecule has 5 atom stereocenters. The van der Waals surface area contributed by atoms with Gasteiger partial charge >= 0.3 is 39.5 Å². The maximum atomic E-state index is 13.1. The molecule has 3 N–H and O–H groups in total. The van der Waals surface area contributed by atoms with Gasteiger partial charge in [0.15, 0.2) is 12.2 Å². The van der Waals surface area contributed by atoms with Crippen LogP contribution in [0.25, 0.3) is 0 Å². The largest absolute Gasteiger partial charge is 0.472 e. The van der Waals surface area contributed by atoms with Crippen molar-refractivity contribution in [2.45, 2.75) is 471 Å². The monoisotopic (exact) mass is 1520 g/mol. The zero-order valence-corrected chi connectivity index (χ0v) is 70.1. The first-order valence-corrected chi connectivity index (χ1v) is 47.0. The summed E-state index contributed by atoms with van der Waals surface area (Å²) >= 11 is 0. The van der Waals surface area contributed by atoms with Crippen molar-refractivity contribution >= 4 is 39.5 Å². The Hall–Kier alpha value is -1.94. The maximum Gasteiger partial charge on any atom is 0.472 e. The molecule has 0 bridgehead atoms. The Labute approximate surface area is 638 Å². The number of esters is 4. The van der Waals surface area contributed by atoms with Gasteiger partial charge in [0.1, 0.15) is 19.3 Å². The van der Waals surface area contributed by atoms with Gasteiger partial charge in [0.05, 0.1) is 26.4 Å². The Kier molecular flexibility index (Phi) is 75.0. The maximum absolute atomic E-state index is 13.1. The highest BCUT2D eigenvalue weighted by molar-refractivity contribution is 7.47. The standard InChI is InChI=1S/C85H166O17P2/c1-7-9-11-13-15-17-18-19-20-21-22-23-24-25-26-29-35-40-45-51-57-63-69-85(90)102-81(74-96-83(88)68-62-56-50-44-39-34-30-27-28-32-37-42-47-53-59-65-77(3)4)76-100-104(93,94)98-72-79(86)71-97-103(91,92)99-75-80(73-95-82(87)67-61-55-49-16-14-12-10-8-2)101-84(89)70-64-58-52-46-41-36-31-33-38-43-48-54-60-66-78(5)6/h77-81,86H,7-76H2,1-6H3,(H,91,92)(H,93,94)/t79-,80+,81+/m0/s1. The predicted octanol–water partition coefficient (Wildman–Crippen LogP) is 25.8. The van der Waals surface area contributed by atoms with Gasteiger partial charge in [0, 0.05) is 25.7 Å². The van der Waals surface area contributed by atoms with E-state index in [9.17, 15) is 43.2 Å². The molecule has 0 heterocycles. The summed E-state index contributed by atoms with van der Waals surface area (Å²) in [5, 5.41) is 10.7. The van der Waals surface area contributed by atoms with Crippen LogP contribution >= 0.6 is 15.6 Å². The van der Waals surface area contributed by atoms with E-state index < -0.39 is 97.5 Å². The minimum atomic E-state index is -4.96. The normalized spacial score (nSPS) is 13.8. The molecule has 0 rings (SSSR count). The van der Waals surface area contributed by atoms with E-state index in [0.29, 0.717) is 25.7 Å². The molecule has 618 valence electrons. The Morgan fingerprint density at radius 3 is 0.654 bits per heavy atom. The van der Waals surface area contributed by atoms with E-state index in [1.54, 1.807) is 0 Å². The molecule has 0 aliphatic rings.